The van der Waals surface area contributed by atoms with Crippen LogP contribution in [0.4, 0.5) is 11.4 Å². The van der Waals surface area contributed by atoms with Gasteiger partial charge in [-0.1, -0.05) is 50.2 Å². The second-order valence-electron chi connectivity index (χ2n) is 6.73. The molecule has 4 heteroatoms. The van der Waals surface area contributed by atoms with Gasteiger partial charge in [-0.05, 0) is 43.7 Å². The zero-order valence-electron chi connectivity index (χ0n) is 16.9. The van der Waals surface area contributed by atoms with Crippen molar-refractivity contribution in [2.75, 3.05) is 36.9 Å². The molecule has 1 amide bonds. The van der Waals surface area contributed by atoms with Gasteiger partial charge in [0.05, 0.1) is 0 Å². The summed E-state index contributed by atoms with van der Waals surface area (Å²) in [5.41, 5.74) is 2.21. The Morgan fingerprint density at radius 3 is 2.00 bits per heavy atom. The number of hydrogen-bond donors (Lipinski definition) is 1. The Kier molecular flexibility index (Phi) is 8.85. The Morgan fingerprint density at radius 1 is 1.00 bits per heavy atom. The predicted molar refractivity (Wildman–Crippen MR) is 115 cm³/mol. The van der Waals surface area contributed by atoms with Gasteiger partial charge in [-0.2, -0.15) is 0 Å². The molecule has 27 heavy (non-hydrogen) atoms. The van der Waals surface area contributed by atoms with Crippen LogP contribution >= 0.6 is 0 Å². The number of nitrogens with one attached hydrogen (secondary N) is 1. The number of rotatable bonds is 5. The molecule has 1 aliphatic rings. The minimum Gasteiger partial charge on any atom is -0.388 e. The van der Waals surface area contributed by atoms with Crippen molar-refractivity contribution < 1.29 is 4.79 Å². The highest BCUT2D eigenvalue weighted by molar-refractivity contribution is 5.93. The van der Waals surface area contributed by atoms with Crippen LogP contribution in [0.5, 0.6) is 0 Å². The Balaban J connectivity index is 0.000000273. The van der Waals surface area contributed by atoms with E-state index in [9.17, 15) is 4.79 Å². The molecule has 1 fully saturated rings. The summed E-state index contributed by atoms with van der Waals surface area (Å²) in [6.45, 7) is 7.45. The van der Waals surface area contributed by atoms with Crippen molar-refractivity contribution in [1.82, 2.24) is 4.90 Å². The first-order chi connectivity index (χ1) is 13.2. The first-order valence-electron chi connectivity index (χ1n) is 10.0. The van der Waals surface area contributed by atoms with Gasteiger partial charge in [-0.3, -0.25) is 4.79 Å². The van der Waals surface area contributed by atoms with Crippen LogP contribution in [0, 0.1) is 0 Å². The first-order valence-corrected chi connectivity index (χ1v) is 10.0. The lowest BCUT2D eigenvalue weighted by molar-refractivity contribution is -0.119. The number of carbonyl (C=O) groups is 1. The number of likely N-dealkylation sites (tertiary alicyclic amines) is 1. The minimum atomic E-state index is 0.237. The van der Waals surface area contributed by atoms with E-state index in [1.807, 2.05) is 79.5 Å². The van der Waals surface area contributed by atoms with Gasteiger partial charge >= 0.3 is 0 Å². The van der Waals surface area contributed by atoms with Gasteiger partial charge in [0.2, 0.25) is 5.91 Å². The van der Waals surface area contributed by atoms with E-state index in [-0.39, 0.29) is 5.91 Å². The SMILES string of the molecule is CCC(=O)N(c1ccccc1)C1CCN(CC)CC1.CNc1ccccc1. The van der Waals surface area contributed by atoms with E-state index in [0.717, 1.165) is 43.9 Å². The van der Waals surface area contributed by atoms with Crippen molar-refractivity contribution in [2.45, 2.75) is 39.2 Å². The molecule has 3 rings (SSSR count). The maximum atomic E-state index is 12.3. The fraction of sp³-hybridized carbons (Fsp3) is 0.435. The Morgan fingerprint density at radius 2 is 1.56 bits per heavy atom. The Labute approximate surface area is 164 Å². The molecule has 0 atom stereocenters. The molecule has 2 aromatic carbocycles. The van der Waals surface area contributed by atoms with Gasteiger partial charge in [-0.15, -0.1) is 0 Å². The van der Waals surface area contributed by atoms with Crippen molar-refractivity contribution in [3.05, 3.63) is 60.7 Å². The van der Waals surface area contributed by atoms with Crippen molar-refractivity contribution in [3.8, 4) is 0 Å². The second kappa shape index (κ2) is 11.4. The van der Waals surface area contributed by atoms with Crippen LogP contribution in [0.15, 0.2) is 60.7 Å². The first kappa shape index (κ1) is 21.0. The molecule has 0 saturated carbocycles. The van der Waals surface area contributed by atoms with Crippen molar-refractivity contribution in [2.24, 2.45) is 0 Å². The molecule has 2 aromatic rings. The summed E-state index contributed by atoms with van der Waals surface area (Å²) in [5, 5.41) is 3.03. The van der Waals surface area contributed by atoms with Crippen molar-refractivity contribution in [1.29, 1.82) is 0 Å². The number of benzene rings is 2. The lowest BCUT2D eigenvalue weighted by Gasteiger charge is -2.38. The fourth-order valence-electron chi connectivity index (χ4n) is 3.42. The molecule has 1 saturated heterocycles. The number of piperidine rings is 1. The molecule has 0 unspecified atom stereocenters. The Hall–Kier alpha value is -2.33. The van der Waals surface area contributed by atoms with E-state index in [2.05, 4.69) is 17.1 Å². The fourth-order valence-corrected chi connectivity index (χ4v) is 3.42. The number of carbonyl (C=O) groups excluding carboxylic acids is 1. The average molecular weight is 368 g/mol. The van der Waals surface area contributed by atoms with Gasteiger partial charge in [0.1, 0.15) is 0 Å². The summed E-state index contributed by atoms with van der Waals surface area (Å²) in [5.74, 6) is 0.237. The maximum absolute atomic E-state index is 12.3. The normalized spacial score (nSPS) is 14.8. The second-order valence-corrected chi connectivity index (χ2v) is 6.73. The summed E-state index contributed by atoms with van der Waals surface area (Å²) in [7, 11) is 1.91. The summed E-state index contributed by atoms with van der Waals surface area (Å²) < 4.78 is 0. The number of amides is 1. The monoisotopic (exact) mass is 367 g/mol. The molecule has 0 spiro atoms. The van der Waals surface area contributed by atoms with E-state index in [1.165, 1.54) is 0 Å². The molecule has 146 valence electrons. The number of hydrogen-bond acceptors (Lipinski definition) is 3. The largest absolute Gasteiger partial charge is 0.388 e. The molecule has 1 heterocycles. The van der Waals surface area contributed by atoms with E-state index in [0.29, 0.717) is 12.5 Å². The average Bonchev–Trinajstić information content (AvgIpc) is 2.76. The predicted octanol–water partition coefficient (Wildman–Crippen LogP) is 4.64. The summed E-state index contributed by atoms with van der Waals surface area (Å²) >= 11 is 0. The van der Waals surface area contributed by atoms with E-state index in [1.54, 1.807) is 0 Å². The number of nitrogens with zero attached hydrogens (tertiary/aromatic N) is 2. The molecule has 0 aromatic heterocycles. The molecule has 4 nitrogen and oxygen atoms in total. The summed E-state index contributed by atoms with van der Waals surface area (Å²) in [6, 6.07) is 20.5. The van der Waals surface area contributed by atoms with Crippen LogP contribution in [0.1, 0.15) is 33.1 Å². The van der Waals surface area contributed by atoms with Crippen molar-refractivity contribution >= 4 is 17.3 Å². The molecule has 1 N–H and O–H groups in total. The van der Waals surface area contributed by atoms with Gasteiger partial charge in [0.15, 0.2) is 0 Å². The third-order valence-corrected chi connectivity index (χ3v) is 5.04. The van der Waals surface area contributed by atoms with Crippen molar-refractivity contribution in [3.63, 3.8) is 0 Å². The zero-order valence-corrected chi connectivity index (χ0v) is 16.9. The van der Waals surface area contributed by atoms with Gasteiger partial charge < -0.3 is 15.1 Å². The highest BCUT2D eigenvalue weighted by Gasteiger charge is 2.27. The molecule has 0 radical (unpaired) electrons. The van der Waals surface area contributed by atoms with E-state index < -0.39 is 0 Å². The Bertz CT molecular complexity index is 652. The van der Waals surface area contributed by atoms with E-state index in [4.69, 9.17) is 0 Å². The van der Waals surface area contributed by atoms with Gasteiger partial charge in [0.25, 0.3) is 0 Å². The van der Waals surface area contributed by atoms with Crippen LogP contribution in [0.3, 0.4) is 0 Å². The highest BCUT2D eigenvalue weighted by Crippen LogP contribution is 2.24. The van der Waals surface area contributed by atoms with Gasteiger partial charge in [0, 0.05) is 44.0 Å². The summed E-state index contributed by atoms with van der Waals surface area (Å²) in [4.78, 5) is 16.8. The third-order valence-electron chi connectivity index (χ3n) is 5.04. The smallest absolute Gasteiger partial charge is 0.226 e. The molecule has 0 bridgehead atoms. The van der Waals surface area contributed by atoms with Crippen LogP contribution in [0.25, 0.3) is 0 Å². The number of anilines is 2. The lowest BCUT2D eigenvalue weighted by Crippen LogP contribution is -2.47. The summed E-state index contributed by atoms with van der Waals surface area (Å²) in [6.07, 6.45) is 2.73. The van der Waals surface area contributed by atoms with Crippen LogP contribution in [-0.4, -0.2) is 43.5 Å². The zero-order chi connectivity index (χ0) is 19.5. The quantitative estimate of drug-likeness (QED) is 0.836. The third kappa shape index (κ3) is 6.40. The standard InChI is InChI=1S/C16H24N2O.C7H9N/c1-3-16(19)18(14-8-6-5-7-9-14)15-10-12-17(4-2)13-11-15;1-8-7-5-3-2-4-6-7/h5-9,15H,3-4,10-13H2,1-2H3;2-6,8H,1H3. The molecule has 1 aliphatic heterocycles. The minimum absolute atomic E-state index is 0.237. The van der Waals surface area contributed by atoms with E-state index >= 15 is 0 Å². The lowest BCUT2D eigenvalue weighted by atomic mass is 10.0. The molecule has 0 aliphatic carbocycles. The maximum Gasteiger partial charge on any atom is 0.226 e. The van der Waals surface area contributed by atoms with Gasteiger partial charge in [-0.25, -0.2) is 0 Å². The molecular weight excluding hydrogens is 334 g/mol. The molecular formula is C23H33N3O. The topological polar surface area (TPSA) is 35.6 Å². The highest BCUT2D eigenvalue weighted by atomic mass is 16.2. The number of para-hydroxylation sites is 2. The van der Waals surface area contributed by atoms with Crippen LogP contribution in [0.2, 0.25) is 0 Å². The van der Waals surface area contributed by atoms with Crippen LogP contribution in [-0.2, 0) is 4.79 Å². The van der Waals surface area contributed by atoms with Crippen LogP contribution < -0.4 is 10.2 Å².